The Morgan fingerprint density at radius 1 is 0.976 bits per heavy atom. The van der Waals surface area contributed by atoms with Crippen molar-refractivity contribution in [1.29, 1.82) is 0 Å². The highest BCUT2D eigenvalue weighted by atomic mass is 16.6. The van der Waals surface area contributed by atoms with Gasteiger partial charge in [-0.1, -0.05) is 61.5 Å². The van der Waals surface area contributed by atoms with Gasteiger partial charge in [0.15, 0.2) is 30.0 Å². The van der Waals surface area contributed by atoms with E-state index in [0.717, 1.165) is 35.4 Å². The highest BCUT2D eigenvalue weighted by Crippen LogP contribution is 2.31. The molecule has 3 aromatic heterocycles. The molecule has 0 radical (unpaired) electrons. The lowest BCUT2D eigenvalue weighted by Gasteiger charge is -2.13. The van der Waals surface area contributed by atoms with E-state index in [9.17, 15) is 14.7 Å². The van der Waals surface area contributed by atoms with Gasteiger partial charge in [-0.15, -0.1) is 0 Å². The second-order valence-electron chi connectivity index (χ2n) is 9.67. The first-order valence-corrected chi connectivity index (χ1v) is 13.4. The predicted octanol–water partition coefficient (Wildman–Crippen LogP) is 5.04. The van der Waals surface area contributed by atoms with Gasteiger partial charge in [-0.3, -0.25) is 0 Å². The van der Waals surface area contributed by atoms with E-state index in [1.807, 2.05) is 59.2 Å². The standard InChI is InChI=1S/C31H26N4O7/c1-3-7-26-32-24-11-6-10-23(29(36)39-17-25-18(2)40-31(38)41-25)27(24)35(26)16-19-12-14-20(15-13-19)21-8-4-5-9-22(21)28-33-30(37)42-34-28/h4-6,8-15H,3,7,16-17H2,1-2H3,(H,33,34,37)/p-1. The zero-order chi connectivity index (χ0) is 29.2. The van der Waals surface area contributed by atoms with Gasteiger partial charge in [0.25, 0.3) is 0 Å². The summed E-state index contributed by atoms with van der Waals surface area (Å²) in [5, 5.41) is 15.2. The molecule has 0 unspecified atom stereocenters. The number of imidazole rings is 1. The highest BCUT2D eigenvalue weighted by Gasteiger charge is 2.21. The number of fused-ring (bicyclic) bond motifs is 1. The molecule has 0 saturated heterocycles. The molecule has 0 saturated carbocycles. The number of aromatic nitrogens is 4. The molecule has 0 N–H and O–H groups in total. The number of ether oxygens (including phenoxy) is 1. The molecule has 0 spiro atoms. The van der Waals surface area contributed by atoms with Crippen LogP contribution in [0.4, 0.5) is 0 Å². The summed E-state index contributed by atoms with van der Waals surface area (Å²) in [5.74, 6) is 0.101. The third-order valence-corrected chi connectivity index (χ3v) is 6.89. The van der Waals surface area contributed by atoms with E-state index in [-0.39, 0.29) is 24.0 Å². The maximum Gasteiger partial charge on any atom is 0.519 e. The van der Waals surface area contributed by atoms with Crippen molar-refractivity contribution in [2.24, 2.45) is 0 Å². The van der Waals surface area contributed by atoms with Crippen molar-refractivity contribution in [1.82, 2.24) is 19.7 Å². The Morgan fingerprint density at radius 2 is 1.76 bits per heavy atom. The van der Waals surface area contributed by atoms with Crippen LogP contribution in [0.25, 0.3) is 33.5 Å². The average Bonchev–Trinajstić information content (AvgIpc) is 3.68. The first kappa shape index (κ1) is 26.8. The normalized spacial score (nSPS) is 11.3. The Bertz CT molecular complexity index is 1950. The Labute approximate surface area is 239 Å². The molecule has 11 nitrogen and oxygen atoms in total. The number of hydrogen-bond donors (Lipinski definition) is 0. The fraction of sp³-hybridized carbons (Fsp3) is 0.194. The van der Waals surface area contributed by atoms with Crippen LogP contribution in [0.3, 0.4) is 0 Å². The number of nitrogens with zero attached hydrogens (tertiary/aromatic N) is 4. The molecule has 0 amide bonds. The molecule has 0 aliphatic heterocycles. The van der Waals surface area contributed by atoms with Gasteiger partial charge in [-0.05, 0) is 42.2 Å². The van der Waals surface area contributed by atoms with E-state index >= 15 is 0 Å². The molecular formula is C31H25N4O7-. The molecule has 3 heterocycles. The topological polar surface area (TPSA) is 149 Å². The minimum absolute atomic E-state index is 0.162. The van der Waals surface area contributed by atoms with Gasteiger partial charge in [-0.25, -0.2) is 19.6 Å². The van der Waals surface area contributed by atoms with E-state index in [4.69, 9.17) is 18.6 Å². The van der Waals surface area contributed by atoms with E-state index in [1.165, 1.54) is 0 Å². The number of rotatable bonds is 9. The molecule has 11 heteroatoms. The summed E-state index contributed by atoms with van der Waals surface area (Å²) in [6.45, 7) is 3.88. The minimum Gasteiger partial charge on any atom is -0.528 e. The van der Waals surface area contributed by atoms with Gasteiger partial charge >= 0.3 is 11.8 Å². The Balaban J connectivity index is 1.31. The first-order chi connectivity index (χ1) is 20.4. The van der Waals surface area contributed by atoms with Crippen molar-refractivity contribution in [2.45, 2.75) is 39.8 Å². The quantitative estimate of drug-likeness (QED) is 0.218. The smallest absolute Gasteiger partial charge is 0.519 e. The summed E-state index contributed by atoms with van der Waals surface area (Å²) < 4.78 is 22.0. The molecule has 0 aliphatic rings. The molecule has 6 aromatic rings. The number of esters is 1. The summed E-state index contributed by atoms with van der Waals surface area (Å²) in [7, 11) is 0. The van der Waals surface area contributed by atoms with Crippen LogP contribution in [0.15, 0.2) is 84.9 Å². The highest BCUT2D eigenvalue weighted by molar-refractivity contribution is 6.02. The van der Waals surface area contributed by atoms with E-state index < -0.39 is 17.9 Å². The summed E-state index contributed by atoms with van der Waals surface area (Å²) in [4.78, 5) is 33.3. The van der Waals surface area contributed by atoms with Crippen LogP contribution in [0.1, 0.15) is 46.6 Å². The van der Waals surface area contributed by atoms with Crippen molar-refractivity contribution < 1.29 is 28.0 Å². The van der Waals surface area contributed by atoms with Crippen LogP contribution in [-0.4, -0.2) is 25.7 Å². The fourth-order valence-corrected chi connectivity index (χ4v) is 4.92. The summed E-state index contributed by atoms with van der Waals surface area (Å²) in [6, 6.07) is 20.8. The zero-order valence-corrected chi connectivity index (χ0v) is 22.8. The zero-order valence-electron chi connectivity index (χ0n) is 22.8. The number of hydrogen-bond acceptors (Lipinski definition) is 10. The largest absolute Gasteiger partial charge is 0.528 e. The van der Waals surface area contributed by atoms with Crippen LogP contribution in [-0.2, 0) is 24.3 Å². The van der Waals surface area contributed by atoms with Gasteiger partial charge in [0.1, 0.15) is 5.82 Å². The molecule has 42 heavy (non-hydrogen) atoms. The number of para-hydroxylation sites is 1. The molecule has 3 aromatic carbocycles. The monoisotopic (exact) mass is 565 g/mol. The van der Waals surface area contributed by atoms with Crippen molar-refractivity contribution >= 4 is 17.0 Å². The molecule has 0 aliphatic carbocycles. The van der Waals surface area contributed by atoms with Crippen molar-refractivity contribution in [2.75, 3.05) is 0 Å². The second-order valence-corrected chi connectivity index (χ2v) is 9.67. The van der Waals surface area contributed by atoms with Crippen molar-refractivity contribution in [3.8, 4) is 28.6 Å². The lowest BCUT2D eigenvalue weighted by atomic mass is 9.98. The molecule has 0 fully saturated rings. The third-order valence-electron chi connectivity index (χ3n) is 6.89. The Hall–Kier alpha value is -5.45. The molecule has 6 rings (SSSR count). The van der Waals surface area contributed by atoms with Crippen LogP contribution in [0.5, 0.6) is 6.08 Å². The lowest BCUT2D eigenvalue weighted by Crippen LogP contribution is -2.11. The minimum atomic E-state index is -0.844. The van der Waals surface area contributed by atoms with Crippen LogP contribution in [0, 0.1) is 6.92 Å². The van der Waals surface area contributed by atoms with Crippen LogP contribution in [0.2, 0.25) is 0 Å². The fourth-order valence-electron chi connectivity index (χ4n) is 4.92. The number of carbonyl (C=O) groups is 1. The number of carbonyl (C=O) groups excluding carboxylic acids is 1. The third kappa shape index (κ3) is 5.19. The summed E-state index contributed by atoms with van der Waals surface area (Å²) >= 11 is 0. The van der Waals surface area contributed by atoms with Crippen molar-refractivity contribution in [3.05, 3.63) is 106 Å². The molecule has 0 atom stereocenters. The van der Waals surface area contributed by atoms with Gasteiger partial charge < -0.3 is 27.8 Å². The number of aryl methyl sites for hydroxylation is 2. The summed E-state index contributed by atoms with van der Waals surface area (Å²) in [5.41, 5.74) is 5.16. The molecule has 0 bridgehead atoms. The SMILES string of the molecule is CCCc1nc2cccc(C(=O)OCc3oc(=O)oc3C)c2n1Cc1ccc(-c2ccccc2-c2noc([O-])n2)cc1. The van der Waals surface area contributed by atoms with E-state index in [2.05, 4.69) is 21.6 Å². The maximum absolute atomic E-state index is 13.2. The Morgan fingerprint density at radius 3 is 2.45 bits per heavy atom. The van der Waals surface area contributed by atoms with Gasteiger partial charge in [-0.2, -0.15) is 5.16 Å². The maximum atomic E-state index is 13.2. The van der Waals surface area contributed by atoms with E-state index in [0.29, 0.717) is 28.7 Å². The van der Waals surface area contributed by atoms with Gasteiger partial charge in [0.2, 0.25) is 0 Å². The lowest BCUT2D eigenvalue weighted by molar-refractivity contribution is -0.303. The predicted molar refractivity (Wildman–Crippen MR) is 149 cm³/mol. The van der Waals surface area contributed by atoms with Crippen LogP contribution >= 0.6 is 0 Å². The van der Waals surface area contributed by atoms with Crippen molar-refractivity contribution in [3.63, 3.8) is 0 Å². The molecule has 212 valence electrons. The first-order valence-electron chi connectivity index (χ1n) is 13.4. The van der Waals surface area contributed by atoms with Gasteiger partial charge in [0, 0.05) is 18.5 Å². The summed E-state index contributed by atoms with van der Waals surface area (Å²) in [6.07, 6.45) is 0.858. The average molecular weight is 566 g/mol. The van der Waals surface area contributed by atoms with Crippen LogP contribution < -0.4 is 10.9 Å². The second kappa shape index (κ2) is 11.2. The van der Waals surface area contributed by atoms with E-state index in [1.54, 1.807) is 19.1 Å². The Kier molecular flexibility index (Phi) is 7.14. The molecular weight excluding hydrogens is 540 g/mol. The van der Waals surface area contributed by atoms with Gasteiger partial charge in [0.05, 0.1) is 16.6 Å². The number of benzene rings is 3.